The van der Waals surface area contributed by atoms with Crippen LogP contribution in [0.4, 0.5) is 0 Å². The molecule has 23 heavy (non-hydrogen) atoms. The van der Waals surface area contributed by atoms with Crippen LogP contribution in [0, 0.1) is 6.92 Å². The van der Waals surface area contributed by atoms with Gasteiger partial charge in [0.1, 0.15) is 24.7 Å². The van der Waals surface area contributed by atoms with Crippen LogP contribution >= 0.6 is 0 Å². The lowest BCUT2D eigenvalue weighted by Crippen LogP contribution is -2.09. The first-order valence-corrected chi connectivity index (χ1v) is 7.67. The van der Waals surface area contributed by atoms with Crippen molar-refractivity contribution in [3.8, 4) is 11.5 Å². The molecule has 0 aliphatic heterocycles. The van der Waals surface area contributed by atoms with Gasteiger partial charge in [0.25, 0.3) is 0 Å². The zero-order valence-electron chi connectivity index (χ0n) is 13.7. The molecule has 1 N–H and O–H groups in total. The zero-order chi connectivity index (χ0) is 16.8. The van der Waals surface area contributed by atoms with Crippen LogP contribution in [-0.4, -0.2) is 24.3 Å². The topological polar surface area (TPSA) is 55.8 Å². The molecule has 2 aromatic rings. The Labute approximate surface area is 136 Å². The van der Waals surface area contributed by atoms with Crippen LogP contribution < -0.4 is 9.47 Å². The summed E-state index contributed by atoms with van der Waals surface area (Å²) in [6.07, 6.45) is 0. The van der Waals surface area contributed by atoms with Crippen LogP contribution in [0.1, 0.15) is 41.3 Å². The third-order valence-corrected chi connectivity index (χ3v) is 3.59. The second kappa shape index (κ2) is 7.68. The smallest absolute Gasteiger partial charge is 0.335 e. The molecule has 0 fully saturated rings. The maximum atomic E-state index is 10.8. The fraction of sp³-hybridized carbons (Fsp3) is 0.316. The summed E-state index contributed by atoms with van der Waals surface area (Å²) in [5, 5.41) is 8.83. The molecule has 4 heteroatoms. The minimum Gasteiger partial charge on any atom is -0.490 e. The summed E-state index contributed by atoms with van der Waals surface area (Å²) in [7, 11) is 0. The van der Waals surface area contributed by atoms with Gasteiger partial charge in [-0.25, -0.2) is 4.79 Å². The van der Waals surface area contributed by atoms with Crippen LogP contribution in [0.15, 0.2) is 42.5 Å². The molecule has 2 aromatic carbocycles. The van der Waals surface area contributed by atoms with Crippen LogP contribution in [0.2, 0.25) is 0 Å². The van der Waals surface area contributed by atoms with Gasteiger partial charge in [-0.3, -0.25) is 0 Å². The highest BCUT2D eigenvalue weighted by molar-refractivity contribution is 5.87. The Bertz CT molecular complexity index is 660. The number of hydrogen-bond donors (Lipinski definition) is 1. The molecule has 0 bridgehead atoms. The minimum atomic E-state index is -0.944. The fourth-order valence-electron chi connectivity index (χ4n) is 2.40. The van der Waals surface area contributed by atoms with Crippen molar-refractivity contribution in [3.63, 3.8) is 0 Å². The number of carbonyl (C=O) groups is 1. The van der Waals surface area contributed by atoms with E-state index in [1.54, 1.807) is 12.1 Å². The molecule has 0 heterocycles. The third kappa shape index (κ3) is 4.74. The van der Waals surface area contributed by atoms with Crippen LogP contribution in [-0.2, 0) is 0 Å². The molecule has 0 spiro atoms. The highest BCUT2D eigenvalue weighted by atomic mass is 16.5. The Balaban J connectivity index is 1.81. The lowest BCUT2D eigenvalue weighted by molar-refractivity contribution is 0.0697. The highest BCUT2D eigenvalue weighted by Crippen LogP contribution is 2.23. The molecular formula is C19H22O4. The van der Waals surface area contributed by atoms with E-state index in [9.17, 15) is 4.79 Å². The second-order valence-corrected chi connectivity index (χ2v) is 5.70. The van der Waals surface area contributed by atoms with Crippen LogP contribution in [0.25, 0.3) is 0 Å². The lowest BCUT2D eigenvalue weighted by atomic mass is 9.98. The molecular weight excluding hydrogens is 292 g/mol. The van der Waals surface area contributed by atoms with Crippen LogP contribution in [0.5, 0.6) is 11.5 Å². The first-order valence-electron chi connectivity index (χ1n) is 7.67. The molecule has 0 saturated carbocycles. The average Bonchev–Trinajstić information content (AvgIpc) is 2.51. The van der Waals surface area contributed by atoms with E-state index in [1.807, 2.05) is 12.1 Å². The Morgan fingerprint density at radius 1 is 1.00 bits per heavy atom. The number of carboxylic acid groups (broad SMARTS) is 1. The van der Waals surface area contributed by atoms with Gasteiger partial charge in [0.2, 0.25) is 0 Å². The Kier molecular flexibility index (Phi) is 5.63. The predicted octanol–water partition coefficient (Wildman–Crippen LogP) is 4.27. The van der Waals surface area contributed by atoms with Gasteiger partial charge in [-0.2, -0.15) is 0 Å². The van der Waals surface area contributed by atoms with Crippen LogP contribution in [0.3, 0.4) is 0 Å². The van der Waals surface area contributed by atoms with Crippen molar-refractivity contribution in [3.05, 3.63) is 59.2 Å². The summed E-state index contributed by atoms with van der Waals surface area (Å²) in [5.41, 5.74) is 2.80. The average molecular weight is 314 g/mol. The second-order valence-electron chi connectivity index (χ2n) is 5.70. The molecule has 0 aromatic heterocycles. The van der Waals surface area contributed by atoms with E-state index in [0.717, 1.165) is 5.75 Å². The first-order chi connectivity index (χ1) is 11.0. The molecule has 0 unspecified atom stereocenters. The van der Waals surface area contributed by atoms with Crippen molar-refractivity contribution in [1.82, 2.24) is 0 Å². The molecule has 122 valence electrons. The number of aromatic carboxylic acids is 1. The molecule has 0 aliphatic rings. The SMILES string of the molecule is Cc1cc(OCCOc2ccc(C(=O)O)cc2)ccc1C(C)C. The van der Waals surface area contributed by atoms with Gasteiger partial charge in [-0.15, -0.1) is 0 Å². The summed E-state index contributed by atoms with van der Waals surface area (Å²) in [6.45, 7) is 7.26. The standard InChI is InChI=1S/C19H22O4/c1-13(2)18-9-8-17(12-14(18)3)23-11-10-22-16-6-4-15(5-7-16)19(20)21/h4-9,12-13H,10-11H2,1-3H3,(H,20,21). The van der Waals surface area contributed by atoms with Gasteiger partial charge >= 0.3 is 5.97 Å². The normalized spacial score (nSPS) is 10.6. The molecule has 0 saturated heterocycles. The lowest BCUT2D eigenvalue weighted by Gasteiger charge is -2.13. The van der Waals surface area contributed by atoms with E-state index in [0.29, 0.717) is 24.9 Å². The van der Waals surface area contributed by atoms with E-state index < -0.39 is 5.97 Å². The van der Waals surface area contributed by atoms with Gasteiger partial charge in [0, 0.05) is 0 Å². The Morgan fingerprint density at radius 3 is 2.09 bits per heavy atom. The van der Waals surface area contributed by atoms with Gasteiger partial charge in [0.05, 0.1) is 5.56 Å². The molecule has 0 radical (unpaired) electrons. The molecule has 2 rings (SSSR count). The molecule has 4 nitrogen and oxygen atoms in total. The van der Waals surface area contributed by atoms with Crippen molar-refractivity contribution in [2.45, 2.75) is 26.7 Å². The number of rotatable bonds is 7. The predicted molar refractivity (Wildman–Crippen MR) is 89.7 cm³/mol. The number of hydrogen-bond acceptors (Lipinski definition) is 3. The molecule has 0 aliphatic carbocycles. The summed E-state index contributed by atoms with van der Waals surface area (Å²) in [5.74, 6) is 1.02. The molecule has 0 amide bonds. The monoisotopic (exact) mass is 314 g/mol. The van der Waals surface area contributed by atoms with E-state index in [-0.39, 0.29) is 5.56 Å². The number of aryl methyl sites for hydroxylation is 1. The summed E-state index contributed by atoms with van der Waals surface area (Å²) in [4.78, 5) is 10.8. The summed E-state index contributed by atoms with van der Waals surface area (Å²) >= 11 is 0. The van der Waals surface area contributed by atoms with Crippen molar-refractivity contribution in [2.24, 2.45) is 0 Å². The largest absolute Gasteiger partial charge is 0.490 e. The van der Waals surface area contributed by atoms with E-state index in [4.69, 9.17) is 14.6 Å². The van der Waals surface area contributed by atoms with E-state index >= 15 is 0 Å². The third-order valence-electron chi connectivity index (χ3n) is 3.59. The highest BCUT2D eigenvalue weighted by Gasteiger charge is 2.05. The van der Waals surface area contributed by atoms with Gasteiger partial charge in [-0.1, -0.05) is 19.9 Å². The van der Waals surface area contributed by atoms with Crippen molar-refractivity contribution < 1.29 is 19.4 Å². The fourth-order valence-corrected chi connectivity index (χ4v) is 2.40. The zero-order valence-corrected chi connectivity index (χ0v) is 13.7. The number of ether oxygens (including phenoxy) is 2. The van der Waals surface area contributed by atoms with Gasteiger partial charge in [-0.05, 0) is 60.4 Å². The van der Waals surface area contributed by atoms with Crippen molar-refractivity contribution >= 4 is 5.97 Å². The van der Waals surface area contributed by atoms with Gasteiger partial charge < -0.3 is 14.6 Å². The maximum absolute atomic E-state index is 10.8. The van der Waals surface area contributed by atoms with E-state index in [2.05, 4.69) is 26.8 Å². The molecule has 0 atom stereocenters. The number of benzene rings is 2. The Morgan fingerprint density at radius 2 is 1.57 bits per heavy atom. The van der Waals surface area contributed by atoms with Crippen molar-refractivity contribution in [2.75, 3.05) is 13.2 Å². The quantitative estimate of drug-likeness (QED) is 0.775. The minimum absolute atomic E-state index is 0.245. The maximum Gasteiger partial charge on any atom is 0.335 e. The number of carboxylic acids is 1. The van der Waals surface area contributed by atoms with E-state index in [1.165, 1.54) is 23.3 Å². The van der Waals surface area contributed by atoms with Gasteiger partial charge in [0.15, 0.2) is 0 Å². The van der Waals surface area contributed by atoms with Crippen molar-refractivity contribution in [1.29, 1.82) is 0 Å². The first kappa shape index (κ1) is 16.9. The summed E-state index contributed by atoms with van der Waals surface area (Å²) < 4.78 is 11.2. The Hall–Kier alpha value is -2.49. The summed E-state index contributed by atoms with van der Waals surface area (Å²) in [6, 6.07) is 12.4.